The van der Waals surface area contributed by atoms with Crippen LogP contribution in [0.2, 0.25) is 0 Å². The molecule has 0 aliphatic rings. The van der Waals surface area contributed by atoms with E-state index in [2.05, 4.69) is 78.9 Å². The van der Waals surface area contributed by atoms with Crippen LogP contribution in [-0.2, 0) is 5.41 Å². The second-order valence-corrected chi connectivity index (χ2v) is 7.40. The molecule has 0 N–H and O–H groups in total. The Morgan fingerprint density at radius 3 is 1.50 bits per heavy atom. The Bertz CT molecular complexity index is 1040. The van der Waals surface area contributed by atoms with Crippen molar-refractivity contribution in [3.8, 4) is 5.75 Å². The minimum absolute atomic E-state index is 0.555. The molecular formula is C28H24O2. The van der Waals surface area contributed by atoms with Gasteiger partial charge in [0.25, 0.3) is 0 Å². The molecule has 148 valence electrons. The van der Waals surface area contributed by atoms with E-state index < -0.39 is 5.41 Å². The molecule has 2 nitrogen and oxygen atoms in total. The predicted molar refractivity (Wildman–Crippen MR) is 121 cm³/mol. The number of aldehydes is 1. The number of hydrogen-bond donors (Lipinski definition) is 0. The van der Waals surface area contributed by atoms with E-state index in [1.165, 1.54) is 0 Å². The van der Waals surface area contributed by atoms with Gasteiger partial charge in [0.15, 0.2) is 6.29 Å². The van der Waals surface area contributed by atoms with Gasteiger partial charge in [0.2, 0.25) is 0 Å². The fraction of sp³-hybridized carbons (Fsp3) is 0.107. The summed E-state index contributed by atoms with van der Waals surface area (Å²) >= 11 is 0. The summed E-state index contributed by atoms with van der Waals surface area (Å²) in [5, 5.41) is 0. The van der Waals surface area contributed by atoms with Gasteiger partial charge in [-0.2, -0.15) is 0 Å². The summed E-state index contributed by atoms with van der Waals surface area (Å²) < 4.78 is 5.86. The second kappa shape index (κ2) is 8.38. The molecule has 0 aliphatic carbocycles. The predicted octanol–water partition coefficient (Wildman–Crippen LogP) is 6.20. The first kappa shape index (κ1) is 19.7. The smallest absolute Gasteiger partial charge is 0.153 e. The van der Waals surface area contributed by atoms with Crippen molar-refractivity contribution < 1.29 is 9.53 Å². The zero-order valence-corrected chi connectivity index (χ0v) is 17.2. The number of carbonyl (C=O) groups is 1. The summed E-state index contributed by atoms with van der Waals surface area (Å²) in [5.41, 5.74) is 5.23. The van der Waals surface area contributed by atoms with Crippen LogP contribution in [0.15, 0.2) is 103 Å². The molecule has 4 aromatic carbocycles. The van der Waals surface area contributed by atoms with Crippen LogP contribution in [-0.4, -0.2) is 13.4 Å². The molecule has 0 radical (unpaired) electrons. The Balaban J connectivity index is 2.23. The van der Waals surface area contributed by atoms with Gasteiger partial charge in [-0.15, -0.1) is 0 Å². The molecule has 0 fully saturated rings. The molecule has 0 heterocycles. The second-order valence-electron chi connectivity index (χ2n) is 7.40. The number of methoxy groups -OCH3 is 1. The average Bonchev–Trinajstić information content (AvgIpc) is 2.81. The minimum atomic E-state index is -0.640. The lowest BCUT2D eigenvalue weighted by Crippen LogP contribution is -2.32. The lowest BCUT2D eigenvalue weighted by Gasteiger charge is -2.38. The molecule has 30 heavy (non-hydrogen) atoms. The monoisotopic (exact) mass is 392 g/mol. The molecule has 4 rings (SSSR count). The number of hydrogen-bond acceptors (Lipinski definition) is 2. The average molecular weight is 392 g/mol. The van der Waals surface area contributed by atoms with Gasteiger partial charge in [-0.1, -0.05) is 97.1 Å². The van der Waals surface area contributed by atoms with E-state index in [1.807, 2.05) is 31.2 Å². The molecule has 0 aliphatic heterocycles. The Morgan fingerprint density at radius 1 is 0.700 bits per heavy atom. The molecule has 0 bridgehead atoms. The van der Waals surface area contributed by atoms with Crippen molar-refractivity contribution in [2.45, 2.75) is 12.3 Å². The highest BCUT2D eigenvalue weighted by Gasteiger charge is 2.41. The van der Waals surface area contributed by atoms with Crippen LogP contribution in [0.4, 0.5) is 0 Å². The van der Waals surface area contributed by atoms with Crippen molar-refractivity contribution >= 4 is 6.29 Å². The van der Waals surface area contributed by atoms with E-state index in [0.29, 0.717) is 11.3 Å². The van der Waals surface area contributed by atoms with Gasteiger partial charge in [-0.25, -0.2) is 0 Å². The van der Waals surface area contributed by atoms with Crippen molar-refractivity contribution in [3.05, 3.63) is 137 Å². The lowest BCUT2D eigenvalue weighted by atomic mass is 9.64. The van der Waals surface area contributed by atoms with Gasteiger partial charge in [0.05, 0.1) is 18.1 Å². The summed E-state index contributed by atoms with van der Waals surface area (Å²) in [5.74, 6) is 0.604. The molecule has 0 amide bonds. The van der Waals surface area contributed by atoms with Gasteiger partial charge >= 0.3 is 0 Å². The zero-order valence-electron chi connectivity index (χ0n) is 17.2. The van der Waals surface area contributed by atoms with Crippen molar-refractivity contribution in [3.63, 3.8) is 0 Å². The molecule has 0 saturated heterocycles. The summed E-state index contributed by atoms with van der Waals surface area (Å²) in [7, 11) is 1.63. The Labute approximate surface area is 177 Å². The van der Waals surface area contributed by atoms with Crippen LogP contribution < -0.4 is 4.74 Å². The van der Waals surface area contributed by atoms with Gasteiger partial charge in [0, 0.05) is 5.56 Å². The molecule has 4 aromatic rings. The molecule has 2 heteroatoms. The molecule has 0 spiro atoms. The van der Waals surface area contributed by atoms with E-state index in [0.717, 1.165) is 34.1 Å². The number of ether oxygens (including phenoxy) is 1. The highest BCUT2D eigenvalue weighted by Crippen LogP contribution is 2.49. The standard InChI is InChI=1S/C28H24O2/c1-21-18-22(20-29)27(30-2)26(19-21)28(23-12-6-3-7-13-23,24-14-8-4-9-15-24)25-16-10-5-11-17-25/h3-20H,1-2H3. The first-order valence-corrected chi connectivity index (χ1v) is 10.0. The topological polar surface area (TPSA) is 26.3 Å². The molecule has 0 unspecified atom stereocenters. The van der Waals surface area contributed by atoms with Gasteiger partial charge in [-0.3, -0.25) is 4.79 Å². The highest BCUT2D eigenvalue weighted by molar-refractivity contribution is 5.82. The summed E-state index contributed by atoms with van der Waals surface area (Å²) in [6, 6.07) is 35.3. The van der Waals surface area contributed by atoms with E-state index >= 15 is 0 Å². The Morgan fingerprint density at radius 2 is 1.13 bits per heavy atom. The fourth-order valence-electron chi connectivity index (χ4n) is 4.43. The van der Waals surface area contributed by atoms with Crippen molar-refractivity contribution in [2.24, 2.45) is 0 Å². The summed E-state index contributed by atoms with van der Waals surface area (Å²) in [6.45, 7) is 2.02. The third-order valence-corrected chi connectivity index (χ3v) is 5.62. The van der Waals surface area contributed by atoms with Crippen LogP contribution in [0.1, 0.15) is 38.2 Å². The van der Waals surface area contributed by atoms with Crippen molar-refractivity contribution in [1.29, 1.82) is 0 Å². The Hall–Kier alpha value is -3.65. The molecule has 0 saturated carbocycles. The van der Waals surface area contributed by atoms with E-state index in [1.54, 1.807) is 7.11 Å². The lowest BCUT2D eigenvalue weighted by molar-refractivity contribution is 0.112. The zero-order chi connectivity index (χ0) is 21.0. The van der Waals surface area contributed by atoms with Crippen LogP contribution in [0.25, 0.3) is 0 Å². The van der Waals surface area contributed by atoms with Crippen LogP contribution in [0.3, 0.4) is 0 Å². The molecule has 0 atom stereocenters. The maximum atomic E-state index is 11.9. The van der Waals surface area contributed by atoms with E-state index in [9.17, 15) is 4.79 Å². The summed E-state index contributed by atoms with van der Waals surface area (Å²) in [6.07, 6.45) is 0.876. The van der Waals surface area contributed by atoms with Gasteiger partial charge in [-0.05, 0) is 35.2 Å². The quantitative estimate of drug-likeness (QED) is 0.288. The van der Waals surface area contributed by atoms with Crippen LogP contribution in [0, 0.1) is 6.92 Å². The first-order valence-electron chi connectivity index (χ1n) is 10.0. The fourth-order valence-corrected chi connectivity index (χ4v) is 4.43. The van der Waals surface area contributed by atoms with E-state index in [-0.39, 0.29) is 0 Å². The molecular weight excluding hydrogens is 368 g/mol. The largest absolute Gasteiger partial charge is 0.496 e. The highest BCUT2D eigenvalue weighted by atomic mass is 16.5. The van der Waals surface area contributed by atoms with Gasteiger partial charge in [0.1, 0.15) is 5.75 Å². The number of rotatable bonds is 6. The third kappa shape index (κ3) is 3.21. The normalized spacial score (nSPS) is 11.1. The number of carbonyl (C=O) groups excluding carboxylic acids is 1. The maximum Gasteiger partial charge on any atom is 0.153 e. The van der Waals surface area contributed by atoms with E-state index in [4.69, 9.17) is 4.74 Å². The first-order chi connectivity index (χ1) is 14.7. The van der Waals surface area contributed by atoms with Crippen molar-refractivity contribution in [1.82, 2.24) is 0 Å². The summed E-state index contributed by atoms with van der Waals surface area (Å²) in [4.78, 5) is 11.9. The maximum absolute atomic E-state index is 11.9. The number of aryl methyl sites for hydroxylation is 1. The van der Waals surface area contributed by atoms with Crippen LogP contribution in [0.5, 0.6) is 5.75 Å². The van der Waals surface area contributed by atoms with Gasteiger partial charge < -0.3 is 4.74 Å². The van der Waals surface area contributed by atoms with Crippen LogP contribution >= 0.6 is 0 Å². The Kier molecular flexibility index (Phi) is 5.49. The SMILES string of the molecule is COc1c(C=O)cc(C)cc1C(c1ccccc1)(c1ccccc1)c1ccccc1. The van der Waals surface area contributed by atoms with Crippen molar-refractivity contribution in [2.75, 3.05) is 7.11 Å². The molecule has 0 aromatic heterocycles. The minimum Gasteiger partial charge on any atom is -0.496 e. The number of benzene rings is 4. The third-order valence-electron chi connectivity index (χ3n) is 5.62.